The first kappa shape index (κ1) is 12.3. The van der Waals surface area contributed by atoms with Crippen molar-refractivity contribution in [1.29, 1.82) is 0 Å². The van der Waals surface area contributed by atoms with E-state index in [4.69, 9.17) is 10.5 Å². The SMILES string of the molecule is CC1(C)CN(CC2(C)CCCC2N)CCO1. The third kappa shape index (κ3) is 2.58. The van der Waals surface area contributed by atoms with E-state index in [0.717, 1.165) is 26.2 Å². The lowest BCUT2D eigenvalue weighted by molar-refractivity contribution is -0.0939. The van der Waals surface area contributed by atoms with E-state index in [1.807, 2.05) is 0 Å². The van der Waals surface area contributed by atoms with Gasteiger partial charge in [0.25, 0.3) is 0 Å². The number of hydrogen-bond donors (Lipinski definition) is 1. The molecule has 1 saturated carbocycles. The maximum Gasteiger partial charge on any atom is 0.0753 e. The molecule has 0 radical (unpaired) electrons. The van der Waals surface area contributed by atoms with Gasteiger partial charge in [0.05, 0.1) is 12.2 Å². The Bertz CT molecular complexity index is 254. The summed E-state index contributed by atoms with van der Waals surface area (Å²) in [7, 11) is 0. The Balaban J connectivity index is 1.94. The van der Waals surface area contributed by atoms with Crippen LogP contribution in [0.3, 0.4) is 0 Å². The highest BCUT2D eigenvalue weighted by Crippen LogP contribution is 2.38. The fourth-order valence-electron chi connectivity index (χ4n) is 3.22. The van der Waals surface area contributed by atoms with Gasteiger partial charge in [-0.25, -0.2) is 0 Å². The lowest BCUT2D eigenvalue weighted by atomic mass is 9.84. The van der Waals surface area contributed by atoms with E-state index in [0.29, 0.717) is 11.5 Å². The molecule has 1 aliphatic carbocycles. The Morgan fingerprint density at radius 3 is 2.69 bits per heavy atom. The highest BCUT2D eigenvalue weighted by Gasteiger charge is 2.39. The normalized spacial score (nSPS) is 40.1. The van der Waals surface area contributed by atoms with Crippen LogP contribution in [-0.4, -0.2) is 42.8 Å². The van der Waals surface area contributed by atoms with Gasteiger partial charge in [0.15, 0.2) is 0 Å². The van der Waals surface area contributed by atoms with E-state index in [-0.39, 0.29) is 5.60 Å². The lowest BCUT2D eigenvalue weighted by Crippen LogP contribution is -2.53. The van der Waals surface area contributed by atoms with Crippen LogP contribution in [0.15, 0.2) is 0 Å². The van der Waals surface area contributed by atoms with E-state index < -0.39 is 0 Å². The molecule has 0 bridgehead atoms. The summed E-state index contributed by atoms with van der Waals surface area (Å²) >= 11 is 0. The molecule has 0 amide bonds. The summed E-state index contributed by atoms with van der Waals surface area (Å²) in [6.07, 6.45) is 3.78. The highest BCUT2D eigenvalue weighted by molar-refractivity contribution is 4.94. The molecule has 2 N–H and O–H groups in total. The van der Waals surface area contributed by atoms with Crippen LogP contribution < -0.4 is 5.73 Å². The molecule has 0 aromatic heterocycles. The van der Waals surface area contributed by atoms with Crippen LogP contribution in [0.25, 0.3) is 0 Å². The van der Waals surface area contributed by atoms with E-state index in [9.17, 15) is 0 Å². The van der Waals surface area contributed by atoms with Gasteiger partial charge in [0.2, 0.25) is 0 Å². The molecule has 1 heterocycles. The van der Waals surface area contributed by atoms with Gasteiger partial charge in [-0.1, -0.05) is 13.3 Å². The predicted molar refractivity (Wildman–Crippen MR) is 66.4 cm³/mol. The Hall–Kier alpha value is -0.120. The van der Waals surface area contributed by atoms with Crippen molar-refractivity contribution < 1.29 is 4.74 Å². The third-order valence-electron chi connectivity index (χ3n) is 4.25. The first-order valence-electron chi connectivity index (χ1n) is 6.53. The Morgan fingerprint density at radius 2 is 2.12 bits per heavy atom. The number of nitrogens with two attached hydrogens (primary N) is 1. The molecule has 2 unspecified atom stereocenters. The van der Waals surface area contributed by atoms with Crippen molar-refractivity contribution in [2.24, 2.45) is 11.1 Å². The minimum Gasteiger partial charge on any atom is -0.373 e. The average molecular weight is 226 g/mol. The molecule has 3 nitrogen and oxygen atoms in total. The summed E-state index contributed by atoms with van der Waals surface area (Å²) in [6, 6.07) is 0.387. The number of nitrogens with zero attached hydrogens (tertiary/aromatic N) is 1. The van der Waals surface area contributed by atoms with Gasteiger partial charge in [-0.05, 0) is 32.1 Å². The van der Waals surface area contributed by atoms with Crippen molar-refractivity contribution in [2.45, 2.75) is 51.7 Å². The van der Waals surface area contributed by atoms with Gasteiger partial charge in [-0.3, -0.25) is 4.90 Å². The number of morpholine rings is 1. The zero-order chi connectivity index (χ0) is 11.8. The van der Waals surface area contributed by atoms with Crippen molar-refractivity contribution in [3.8, 4) is 0 Å². The van der Waals surface area contributed by atoms with Gasteiger partial charge in [-0.2, -0.15) is 0 Å². The molecule has 0 aromatic rings. The maximum absolute atomic E-state index is 6.24. The van der Waals surface area contributed by atoms with Gasteiger partial charge in [0, 0.05) is 25.7 Å². The average Bonchev–Trinajstić information content (AvgIpc) is 2.45. The molecule has 0 spiro atoms. The Kier molecular flexibility index (Phi) is 3.30. The fraction of sp³-hybridized carbons (Fsp3) is 1.00. The number of hydrogen-bond acceptors (Lipinski definition) is 3. The van der Waals surface area contributed by atoms with E-state index in [1.165, 1.54) is 19.3 Å². The first-order valence-corrected chi connectivity index (χ1v) is 6.53. The minimum absolute atomic E-state index is 0.0112. The van der Waals surface area contributed by atoms with E-state index >= 15 is 0 Å². The quantitative estimate of drug-likeness (QED) is 0.777. The van der Waals surface area contributed by atoms with Crippen LogP contribution >= 0.6 is 0 Å². The fourth-order valence-corrected chi connectivity index (χ4v) is 3.22. The van der Waals surface area contributed by atoms with Crippen LogP contribution in [0.2, 0.25) is 0 Å². The zero-order valence-corrected chi connectivity index (χ0v) is 11.0. The molecular weight excluding hydrogens is 200 g/mol. The summed E-state index contributed by atoms with van der Waals surface area (Å²) in [5.74, 6) is 0. The van der Waals surface area contributed by atoms with E-state index in [1.54, 1.807) is 0 Å². The molecule has 2 fully saturated rings. The molecule has 2 atom stereocenters. The summed E-state index contributed by atoms with van der Waals surface area (Å²) in [5.41, 5.74) is 6.58. The summed E-state index contributed by atoms with van der Waals surface area (Å²) in [4.78, 5) is 2.54. The third-order valence-corrected chi connectivity index (χ3v) is 4.25. The van der Waals surface area contributed by atoms with Gasteiger partial charge in [-0.15, -0.1) is 0 Å². The molecule has 2 aliphatic rings. The Labute approximate surface area is 99.3 Å². The Morgan fingerprint density at radius 1 is 1.38 bits per heavy atom. The van der Waals surface area contributed by atoms with Crippen LogP contribution in [0, 0.1) is 5.41 Å². The molecule has 0 aromatic carbocycles. The largest absolute Gasteiger partial charge is 0.373 e. The second kappa shape index (κ2) is 4.28. The summed E-state index contributed by atoms with van der Waals surface area (Å²) in [5, 5.41) is 0. The molecule has 16 heavy (non-hydrogen) atoms. The van der Waals surface area contributed by atoms with Crippen molar-refractivity contribution in [3.05, 3.63) is 0 Å². The smallest absolute Gasteiger partial charge is 0.0753 e. The van der Waals surface area contributed by atoms with Crippen molar-refractivity contribution in [1.82, 2.24) is 4.90 Å². The van der Waals surface area contributed by atoms with Crippen molar-refractivity contribution >= 4 is 0 Å². The van der Waals surface area contributed by atoms with E-state index in [2.05, 4.69) is 25.7 Å². The van der Waals surface area contributed by atoms with Gasteiger partial charge in [0.1, 0.15) is 0 Å². The maximum atomic E-state index is 6.24. The van der Waals surface area contributed by atoms with Crippen LogP contribution in [0.1, 0.15) is 40.0 Å². The topological polar surface area (TPSA) is 38.5 Å². The number of ether oxygens (including phenoxy) is 1. The predicted octanol–water partition coefficient (Wildman–Crippen LogP) is 1.61. The molecule has 1 saturated heterocycles. The molecular formula is C13H26N2O. The molecule has 3 heteroatoms. The summed E-state index contributed by atoms with van der Waals surface area (Å²) in [6.45, 7) is 10.8. The van der Waals surface area contributed by atoms with Crippen LogP contribution in [-0.2, 0) is 4.74 Å². The minimum atomic E-state index is 0.0112. The van der Waals surface area contributed by atoms with Crippen LogP contribution in [0.5, 0.6) is 0 Å². The standard InChI is InChI=1S/C13H26N2O/c1-12(2)9-15(7-8-16-12)10-13(3)6-4-5-11(13)14/h11H,4-10,14H2,1-3H3. The van der Waals surface area contributed by atoms with Crippen molar-refractivity contribution in [2.75, 3.05) is 26.2 Å². The second-order valence-electron chi connectivity index (χ2n) is 6.47. The zero-order valence-electron chi connectivity index (χ0n) is 11.0. The molecule has 1 aliphatic heterocycles. The number of rotatable bonds is 2. The molecule has 94 valence electrons. The highest BCUT2D eigenvalue weighted by atomic mass is 16.5. The van der Waals surface area contributed by atoms with Gasteiger partial charge >= 0.3 is 0 Å². The van der Waals surface area contributed by atoms with Gasteiger partial charge < -0.3 is 10.5 Å². The van der Waals surface area contributed by atoms with Crippen molar-refractivity contribution in [3.63, 3.8) is 0 Å². The summed E-state index contributed by atoms with van der Waals surface area (Å²) < 4.78 is 5.75. The first-order chi connectivity index (χ1) is 7.41. The monoisotopic (exact) mass is 226 g/mol. The molecule has 2 rings (SSSR count). The lowest BCUT2D eigenvalue weighted by Gasteiger charge is -2.42. The van der Waals surface area contributed by atoms with Crippen LogP contribution in [0.4, 0.5) is 0 Å². The second-order valence-corrected chi connectivity index (χ2v) is 6.47.